The first-order valence-corrected chi connectivity index (χ1v) is 10.4. The van der Waals surface area contributed by atoms with Crippen LogP contribution >= 0.6 is 0 Å². The van der Waals surface area contributed by atoms with Crippen molar-refractivity contribution in [2.24, 2.45) is 0 Å². The summed E-state index contributed by atoms with van der Waals surface area (Å²) in [6.07, 6.45) is -24.5. The highest BCUT2D eigenvalue weighted by Crippen LogP contribution is 2.59. The van der Waals surface area contributed by atoms with Crippen molar-refractivity contribution in [2.75, 3.05) is 0 Å². The van der Waals surface area contributed by atoms with Gasteiger partial charge in [-0.2, -0.15) is 92.2 Å². The third kappa shape index (κ3) is 4.63. The van der Waals surface area contributed by atoms with E-state index in [2.05, 4.69) is 0 Å². The van der Waals surface area contributed by atoms with Crippen LogP contribution in [0.5, 0.6) is 0 Å². The summed E-state index contributed by atoms with van der Waals surface area (Å²) in [5, 5.41) is -17.7. The van der Waals surface area contributed by atoms with E-state index in [9.17, 15) is 109 Å². The van der Waals surface area contributed by atoms with Crippen molar-refractivity contribution < 1.29 is 109 Å². The molecule has 0 saturated carbocycles. The molecule has 0 unspecified atom stereocenters. The Balaban J connectivity index is 8.14. The van der Waals surface area contributed by atoms with E-state index < -0.39 is 77.0 Å². The van der Waals surface area contributed by atoms with Crippen molar-refractivity contribution in [3.8, 4) is 0 Å². The Bertz CT molecular complexity index is 1010. The van der Waals surface area contributed by atoms with Gasteiger partial charge in [0.05, 0.1) is 0 Å². The lowest BCUT2D eigenvalue weighted by Gasteiger charge is -2.38. The molecule has 0 aromatic carbocycles. The van der Waals surface area contributed by atoms with Crippen LogP contribution in [0.25, 0.3) is 0 Å². The second kappa shape index (κ2) is 8.46. The van der Waals surface area contributed by atoms with Gasteiger partial charge >= 0.3 is 52.7 Å². The van der Waals surface area contributed by atoms with E-state index in [4.69, 9.17) is 0 Å². The highest BCUT2D eigenvalue weighted by atomic mass is 32.3. The van der Waals surface area contributed by atoms with Crippen molar-refractivity contribution in [3.63, 3.8) is 0 Å². The maximum Gasteiger partial charge on any atom is 0.461 e. The lowest BCUT2D eigenvalue weighted by Crippen LogP contribution is -2.70. The van der Waals surface area contributed by atoms with E-state index in [1.54, 1.807) is 0 Å². The Labute approximate surface area is 187 Å². The molecule has 0 bridgehead atoms. The van der Waals surface area contributed by atoms with Gasteiger partial charge < -0.3 is 0 Å². The van der Waals surface area contributed by atoms with Gasteiger partial charge in [0.25, 0.3) is 0 Å². The van der Waals surface area contributed by atoms with E-state index in [0.717, 1.165) is 0 Å². The number of hydrogen-bond acceptors (Lipinski definition) is 4. The standard InChI is InChI=1S/C10HF21O4S2/c11-2(12,3(13,14)6(19,20)21)1(36(32,33)9(28,29)4(15,16)7(22,23)24)37(34,35)10(30,31)5(17,18)8(25,26)27/h1H. The Hall–Kier alpha value is -1.57. The molecule has 0 saturated heterocycles. The first-order chi connectivity index (χ1) is 15.4. The van der Waals surface area contributed by atoms with Gasteiger partial charge in [-0.15, -0.1) is 0 Å². The molecule has 0 radical (unpaired) electrons. The van der Waals surface area contributed by atoms with Gasteiger partial charge in [0.2, 0.25) is 24.3 Å². The number of hydrogen-bond donors (Lipinski definition) is 0. The molecule has 0 aliphatic carbocycles. The van der Waals surface area contributed by atoms with E-state index in [1.807, 2.05) is 0 Å². The van der Waals surface area contributed by atoms with Crippen LogP contribution in [0.1, 0.15) is 0 Å². The maximum absolute atomic E-state index is 13.8. The smallest absolute Gasteiger partial charge is 0.221 e. The molecule has 0 atom stereocenters. The zero-order valence-corrected chi connectivity index (χ0v) is 17.1. The van der Waals surface area contributed by atoms with Crippen LogP contribution in [0.3, 0.4) is 0 Å². The fraction of sp³-hybridized carbons (Fsp3) is 1.00. The zero-order chi connectivity index (χ0) is 31.1. The molecule has 0 fully saturated rings. The summed E-state index contributed by atoms with van der Waals surface area (Å²) < 4.78 is 307. The van der Waals surface area contributed by atoms with Crippen LogP contribution < -0.4 is 0 Å². The Morgan fingerprint density at radius 3 is 0.703 bits per heavy atom. The van der Waals surface area contributed by atoms with E-state index in [0.29, 0.717) is 0 Å². The highest BCUT2D eigenvalue weighted by molar-refractivity contribution is 8.10. The van der Waals surface area contributed by atoms with Gasteiger partial charge in [0.15, 0.2) is 0 Å². The third-order valence-electron chi connectivity index (χ3n) is 3.79. The topological polar surface area (TPSA) is 68.3 Å². The molecular formula is C10HF21O4S2. The van der Waals surface area contributed by atoms with Crippen LogP contribution in [0.4, 0.5) is 92.2 Å². The fourth-order valence-corrected chi connectivity index (χ4v) is 6.47. The summed E-state index contributed by atoms with van der Waals surface area (Å²) in [5.74, 6) is -34.8. The summed E-state index contributed by atoms with van der Waals surface area (Å²) in [6.45, 7) is 0. The van der Waals surface area contributed by atoms with Gasteiger partial charge in [-0.1, -0.05) is 0 Å². The number of rotatable bonds is 8. The van der Waals surface area contributed by atoms with Crippen LogP contribution in [-0.2, 0) is 19.7 Å². The molecule has 224 valence electrons. The van der Waals surface area contributed by atoms with Crippen LogP contribution in [0.2, 0.25) is 0 Å². The molecular weight excluding hydrogens is 647 g/mol. The molecule has 27 heteroatoms. The molecule has 0 rings (SSSR count). The average Bonchev–Trinajstić information content (AvgIpc) is 2.56. The highest BCUT2D eigenvalue weighted by Gasteiger charge is 2.90. The summed E-state index contributed by atoms with van der Waals surface area (Å²) in [5.41, 5.74) is 0. The van der Waals surface area contributed by atoms with Gasteiger partial charge in [-0.25, -0.2) is 16.8 Å². The van der Waals surface area contributed by atoms with Crippen LogP contribution in [0.15, 0.2) is 0 Å². The molecule has 0 aromatic heterocycles. The first-order valence-electron chi connectivity index (χ1n) is 7.30. The Morgan fingerprint density at radius 1 is 0.351 bits per heavy atom. The van der Waals surface area contributed by atoms with Crippen LogP contribution in [-0.4, -0.2) is 74.1 Å². The molecule has 4 nitrogen and oxygen atoms in total. The predicted octanol–water partition coefficient (Wildman–Crippen LogP) is 5.56. The van der Waals surface area contributed by atoms with Crippen molar-refractivity contribution in [1.82, 2.24) is 0 Å². The quantitative estimate of drug-likeness (QED) is 0.324. The fourth-order valence-electron chi connectivity index (χ4n) is 1.85. The lowest BCUT2D eigenvalue weighted by atomic mass is 10.2. The van der Waals surface area contributed by atoms with Crippen molar-refractivity contribution >= 4 is 19.7 Å². The molecule has 0 aliphatic heterocycles. The second-order valence-corrected chi connectivity index (χ2v) is 10.7. The number of sulfone groups is 2. The SMILES string of the molecule is O=S(=O)(C(C(F)(F)C(F)(F)C(F)(F)F)S(=O)(=O)C(F)(F)C(F)(F)C(F)(F)F)C(F)(F)C(F)(F)C(F)(F)F. The first kappa shape index (κ1) is 35.4. The summed E-state index contributed by atoms with van der Waals surface area (Å²) >= 11 is 0. The zero-order valence-electron chi connectivity index (χ0n) is 15.5. The largest absolute Gasteiger partial charge is 0.461 e. The van der Waals surface area contributed by atoms with Crippen molar-refractivity contribution in [3.05, 3.63) is 0 Å². The van der Waals surface area contributed by atoms with Gasteiger partial charge in [-0.05, 0) is 0 Å². The van der Waals surface area contributed by atoms with Crippen LogP contribution in [0, 0.1) is 0 Å². The minimum atomic E-state index is -9.99. The number of alkyl halides is 21. The van der Waals surface area contributed by atoms with Gasteiger partial charge in [0.1, 0.15) is 0 Å². The van der Waals surface area contributed by atoms with Gasteiger partial charge in [-0.3, -0.25) is 0 Å². The normalized spacial score (nSPS) is 16.9. The summed E-state index contributed by atoms with van der Waals surface area (Å²) in [4.78, 5) is 0. The molecule has 0 spiro atoms. The third-order valence-corrected chi connectivity index (χ3v) is 8.97. The Morgan fingerprint density at radius 2 is 0.541 bits per heavy atom. The van der Waals surface area contributed by atoms with E-state index in [-0.39, 0.29) is 0 Å². The molecule has 0 amide bonds. The summed E-state index contributed by atoms with van der Waals surface area (Å²) in [7, 11) is -20.0. The van der Waals surface area contributed by atoms with E-state index >= 15 is 0 Å². The minimum absolute atomic E-state index is 7.87. The molecule has 0 N–H and O–H groups in total. The van der Waals surface area contributed by atoms with Gasteiger partial charge in [0, 0.05) is 0 Å². The molecule has 0 aliphatic rings. The molecule has 0 heterocycles. The summed E-state index contributed by atoms with van der Waals surface area (Å²) in [6, 6.07) is 0. The second-order valence-electron chi connectivity index (χ2n) is 6.29. The van der Waals surface area contributed by atoms with E-state index in [1.165, 1.54) is 0 Å². The predicted molar refractivity (Wildman–Crippen MR) is 69.5 cm³/mol. The average molecular weight is 648 g/mol. The lowest BCUT2D eigenvalue weighted by molar-refractivity contribution is -0.353. The minimum Gasteiger partial charge on any atom is -0.221 e. The number of halogens is 21. The van der Waals surface area contributed by atoms with Crippen molar-refractivity contribution in [1.29, 1.82) is 0 Å². The monoisotopic (exact) mass is 648 g/mol. The van der Waals surface area contributed by atoms with Crippen molar-refractivity contribution in [2.45, 2.75) is 57.3 Å². The molecule has 0 aromatic rings. The Kier molecular flexibility index (Phi) is 8.10. The maximum atomic E-state index is 13.8. The molecule has 37 heavy (non-hydrogen) atoms.